The first-order chi connectivity index (χ1) is 5.49. The van der Waals surface area contributed by atoms with Crippen molar-refractivity contribution in [2.75, 3.05) is 7.11 Å². The Balaban J connectivity index is 4.50. The Hall–Kier alpha value is -1.03. The Labute approximate surface area is 71.5 Å². The molecule has 0 saturated heterocycles. The third-order valence-electron chi connectivity index (χ3n) is 1.47. The highest BCUT2D eigenvalue weighted by Crippen LogP contribution is 2.11. The molecule has 0 heterocycles. The first kappa shape index (κ1) is 11.0. The van der Waals surface area contributed by atoms with Crippen molar-refractivity contribution in [3.05, 3.63) is 11.3 Å². The maximum atomic E-state index is 10.5. The number of carbonyl (C=O) groups is 1. The van der Waals surface area contributed by atoms with Gasteiger partial charge in [-0.2, -0.15) is 0 Å². The molecule has 2 N–H and O–H groups in total. The summed E-state index contributed by atoms with van der Waals surface area (Å²) in [5.74, 6) is -0.704. The van der Waals surface area contributed by atoms with Crippen molar-refractivity contribution < 1.29 is 19.7 Å². The molecule has 0 spiro atoms. The van der Waals surface area contributed by atoms with Crippen LogP contribution in [0.2, 0.25) is 0 Å². The monoisotopic (exact) mass is 174 g/mol. The number of aliphatic hydroxyl groups is 1. The van der Waals surface area contributed by atoms with Crippen LogP contribution in [-0.2, 0) is 9.53 Å². The van der Waals surface area contributed by atoms with Crippen molar-refractivity contribution >= 4 is 5.97 Å². The molecule has 0 radical (unpaired) electrons. The van der Waals surface area contributed by atoms with Gasteiger partial charge in [-0.25, -0.2) is 4.79 Å². The number of hydrogen-bond acceptors (Lipinski definition) is 3. The number of aliphatic carboxylic acids is 1. The minimum atomic E-state index is -1.02. The van der Waals surface area contributed by atoms with Crippen molar-refractivity contribution in [2.45, 2.75) is 26.4 Å². The molecule has 0 aromatic carbocycles. The van der Waals surface area contributed by atoms with Gasteiger partial charge in [-0.05, 0) is 13.8 Å². The number of carboxylic acids is 1. The Morgan fingerprint density at radius 1 is 1.58 bits per heavy atom. The zero-order valence-electron chi connectivity index (χ0n) is 7.50. The summed E-state index contributed by atoms with van der Waals surface area (Å²) in [6.07, 6.45) is -0.358. The fraction of sp³-hybridized carbons (Fsp3) is 0.625. The molecule has 4 heteroatoms. The number of rotatable bonds is 4. The molecular formula is C8H14O4. The van der Waals surface area contributed by atoms with Crippen LogP contribution >= 0.6 is 0 Å². The van der Waals surface area contributed by atoms with E-state index in [9.17, 15) is 4.79 Å². The summed E-state index contributed by atoms with van der Waals surface area (Å²) in [4.78, 5) is 10.5. The van der Waals surface area contributed by atoms with Gasteiger partial charge in [0.2, 0.25) is 0 Å². The molecule has 0 fully saturated rings. The predicted octanol–water partition coefficient (Wildman–Crippen LogP) is 0.762. The van der Waals surface area contributed by atoms with Gasteiger partial charge in [0.05, 0.1) is 18.8 Å². The Bertz CT molecular complexity index is 193. The van der Waals surface area contributed by atoms with Gasteiger partial charge in [-0.15, -0.1) is 0 Å². The average molecular weight is 174 g/mol. The minimum Gasteiger partial charge on any atom is -0.500 e. The van der Waals surface area contributed by atoms with Gasteiger partial charge < -0.3 is 14.9 Å². The Morgan fingerprint density at radius 3 is 2.33 bits per heavy atom. The van der Waals surface area contributed by atoms with E-state index in [1.165, 1.54) is 14.0 Å². The normalized spacial score (nSPS) is 15.0. The average Bonchev–Trinajstić information content (AvgIpc) is 1.98. The number of hydrogen-bond donors (Lipinski definition) is 2. The standard InChI is InChI=1S/C8H14O4/c1-5(9)4-7(12-3)6(2)8(10)11/h5,9H,4H2,1-3H3,(H,10,11). The van der Waals surface area contributed by atoms with E-state index in [0.717, 1.165) is 0 Å². The van der Waals surface area contributed by atoms with Crippen LogP contribution in [0, 0.1) is 0 Å². The van der Waals surface area contributed by atoms with Gasteiger partial charge in [0.25, 0.3) is 0 Å². The molecule has 0 aromatic heterocycles. The summed E-state index contributed by atoms with van der Waals surface area (Å²) in [7, 11) is 1.39. The topological polar surface area (TPSA) is 66.8 Å². The quantitative estimate of drug-likeness (QED) is 0.488. The lowest BCUT2D eigenvalue weighted by Crippen LogP contribution is -2.08. The van der Waals surface area contributed by atoms with E-state index in [1.54, 1.807) is 6.92 Å². The van der Waals surface area contributed by atoms with Crippen LogP contribution in [0.5, 0.6) is 0 Å². The van der Waals surface area contributed by atoms with Crippen molar-refractivity contribution in [3.63, 3.8) is 0 Å². The van der Waals surface area contributed by atoms with Crippen molar-refractivity contribution in [3.8, 4) is 0 Å². The largest absolute Gasteiger partial charge is 0.500 e. The second-order valence-corrected chi connectivity index (χ2v) is 2.61. The van der Waals surface area contributed by atoms with E-state index in [0.29, 0.717) is 5.76 Å². The Morgan fingerprint density at radius 2 is 2.08 bits per heavy atom. The fourth-order valence-corrected chi connectivity index (χ4v) is 0.777. The van der Waals surface area contributed by atoms with Crippen LogP contribution < -0.4 is 0 Å². The second kappa shape index (κ2) is 4.77. The van der Waals surface area contributed by atoms with Crippen LogP contribution in [-0.4, -0.2) is 29.4 Å². The highest BCUT2D eigenvalue weighted by molar-refractivity contribution is 5.86. The van der Waals surface area contributed by atoms with Gasteiger partial charge in [-0.3, -0.25) is 0 Å². The maximum Gasteiger partial charge on any atom is 0.334 e. The van der Waals surface area contributed by atoms with E-state index in [-0.39, 0.29) is 12.0 Å². The van der Waals surface area contributed by atoms with Crippen molar-refractivity contribution in [2.24, 2.45) is 0 Å². The molecule has 1 atom stereocenters. The Kier molecular flexibility index (Phi) is 4.36. The molecule has 0 aromatic rings. The molecule has 0 aliphatic rings. The lowest BCUT2D eigenvalue weighted by atomic mass is 10.1. The first-order valence-corrected chi connectivity index (χ1v) is 3.64. The molecule has 4 nitrogen and oxygen atoms in total. The molecule has 0 rings (SSSR count). The summed E-state index contributed by atoms with van der Waals surface area (Å²) in [5, 5.41) is 17.6. The zero-order valence-corrected chi connectivity index (χ0v) is 7.50. The van der Waals surface area contributed by atoms with Crippen molar-refractivity contribution in [1.29, 1.82) is 0 Å². The number of ether oxygens (including phenoxy) is 1. The lowest BCUT2D eigenvalue weighted by Gasteiger charge is -2.09. The third kappa shape index (κ3) is 3.39. The van der Waals surface area contributed by atoms with E-state index in [2.05, 4.69) is 0 Å². The third-order valence-corrected chi connectivity index (χ3v) is 1.47. The molecule has 12 heavy (non-hydrogen) atoms. The van der Waals surface area contributed by atoms with Crippen molar-refractivity contribution in [1.82, 2.24) is 0 Å². The molecule has 1 unspecified atom stereocenters. The van der Waals surface area contributed by atoms with Crippen LogP contribution in [0.4, 0.5) is 0 Å². The minimum absolute atomic E-state index is 0.137. The molecule has 0 amide bonds. The van der Waals surface area contributed by atoms with Crippen LogP contribution in [0.1, 0.15) is 20.3 Å². The first-order valence-electron chi connectivity index (χ1n) is 3.64. The van der Waals surface area contributed by atoms with Crippen LogP contribution in [0.25, 0.3) is 0 Å². The second-order valence-electron chi connectivity index (χ2n) is 2.61. The number of carboxylic acid groups (broad SMARTS) is 1. The predicted molar refractivity (Wildman–Crippen MR) is 43.6 cm³/mol. The summed E-state index contributed by atoms with van der Waals surface area (Å²) < 4.78 is 4.82. The highest BCUT2D eigenvalue weighted by atomic mass is 16.5. The lowest BCUT2D eigenvalue weighted by molar-refractivity contribution is -0.132. The van der Waals surface area contributed by atoms with Crippen LogP contribution in [0.3, 0.4) is 0 Å². The molecule has 0 aliphatic heterocycles. The summed E-state index contributed by atoms with van der Waals surface area (Å²) in [5.41, 5.74) is 0.137. The van der Waals surface area contributed by atoms with E-state index >= 15 is 0 Å². The van der Waals surface area contributed by atoms with E-state index in [1.807, 2.05) is 0 Å². The number of aliphatic hydroxyl groups excluding tert-OH is 1. The van der Waals surface area contributed by atoms with Crippen LogP contribution in [0.15, 0.2) is 11.3 Å². The maximum absolute atomic E-state index is 10.5. The zero-order chi connectivity index (χ0) is 9.72. The van der Waals surface area contributed by atoms with Gasteiger partial charge in [0.1, 0.15) is 5.76 Å². The van der Waals surface area contributed by atoms with Gasteiger partial charge in [0, 0.05) is 6.42 Å². The molecule has 0 bridgehead atoms. The molecule has 0 saturated carbocycles. The summed E-state index contributed by atoms with van der Waals surface area (Å²) in [6.45, 7) is 3.03. The summed E-state index contributed by atoms with van der Waals surface area (Å²) >= 11 is 0. The number of methoxy groups -OCH3 is 1. The molecule has 0 aliphatic carbocycles. The van der Waals surface area contributed by atoms with Gasteiger partial charge in [-0.1, -0.05) is 0 Å². The van der Waals surface area contributed by atoms with Gasteiger partial charge in [0.15, 0.2) is 0 Å². The SMILES string of the molecule is COC(CC(C)O)=C(C)C(=O)O. The molecular weight excluding hydrogens is 160 g/mol. The smallest absolute Gasteiger partial charge is 0.334 e. The fourth-order valence-electron chi connectivity index (χ4n) is 0.777. The van der Waals surface area contributed by atoms with E-state index in [4.69, 9.17) is 14.9 Å². The molecule has 70 valence electrons. The van der Waals surface area contributed by atoms with Gasteiger partial charge >= 0.3 is 5.97 Å². The highest BCUT2D eigenvalue weighted by Gasteiger charge is 2.11. The summed E-state index contributed by atoms with van der Waals surface area (Å²) in [6, 6.07) is 0. The van der Waals surface area contributed by atoms with E-state index < -0.39 is 12.1 Å².